The number of terminal acetylenes is 1. The molecule has 142 valence electrons. The Balaban J connectivity index is 1.85. The second-order valence-electron chi connectivity index (χ2n) is 5.66. The van der Waals surface area contributed by atoms with E-state index in [-0.39, 0.29) is 12.5 Å². The summed E-state index contributed by atoms with van der Waals surface area (Å²) in [7, 11) is 1.51. The number of pyridine rings is 1. The van der Waals surface area contributed by atoms with Crippen LogP contribution in [-0.2, 0) is 11.3 Å². The molecule has 2 aromatic rings. The monoisotopic (exact) mass is 430 g/mol. The van der Waals surface area contributed by atoms with Crippen molar-refractivity contribution in [2.45, 2.75) is 6.54 Å². The average molecular weight is 431 g/mol. The Morgan fingerprint density at radius 1 is 1.46 bits per heavy atom. The molecule has 0 atom stereocenters. The highest BCUT2D eigenvalue weighted by Gasteiger charge is 2.32. The Kier molecular flexibility index (Phi) is 6.57. The number of aromatic nitrogens is 1. The number of nitrogens with zero attached hydrogens (tertiary/aromatic N) is 2. The molecule has 0 N–H and O–H groups in total. The molecule has 3 rings (SSSR count). The zero-order valence-electron chi connectivity index (χ0n) is 14.8. The summed E-state index contributed by atoms with van der Waals surface area (Å²) in [5.41, 5.74) is 1.59. The highest BCUT2D eigenvalue weighted by Crippen LogP contribution is 2.39. The first-order valence-corrected chi connectivity index (χ1v) is 9.72. The second kappa shape index (κ2) is 9.11. The second-order valence-corrected chi connectivity index (χ2v) is 7.74. The Morgan fingerprint density at radius 2 is 2.29 bits per heavy atom. The van der Waals surface area contributed by atoms with Gasteiger partial charge < -0.3 is 9.47 Å². The highest BCUT2D eigenvalue weighted by molar-refractivity contribution is 8.26. The molecule has 1 aromatic heterocycles. The maximum atomic E-state index is 12.8. The fourth-order valence-corrected chi connectivity index (χ4v) is 4.07. The third-order valence-corrected chi connectivity index (χ3v) is 5.44. The summed E-state index contributed by atoms with van der Waals surface area (Å²) >= 11 is 12.9. The van der Waals surface area contributed by atoms with Gasteiger partial charge in [0.1, 0.15) is 10.9 Å². The van der Waals surface area contributed by atoms with E-state index in [9.17, 15) is 4.79 Å². The van der Waals surface area contributed by atoms with Crippen LogP contribution in [0, 0.1) is 12.3 Å². The normalized spacial score (nSPS) is 15.0. The fraction of sp³-hybridized carbons (Fsp3) is 0.150. The van der Waals surface area contributed by atoms with E-state index in [0.717, 1.165) is 5.56 Å². The van der Waals surface area contributed by atoms with Crippen molar-refractivity contribution in [2.24, 2.45) is 0 Å². The number of thiocarbonyl (C=S) groups is 1. The number of amides is 1. The van der Waals surface area contributed by atoms with Gasteiger partial charge in [0.2, 0.25) is 0 Å². The molecule has 28 heavy (non-hydrogen) atoms. The molecule has 0 saturated carbocycles. The molecule has 1 fully saturated rings. The Bertz CT molecular complexity index is 987. The van der Waals surface area contributed by atoms with E-state index in [1.54, 1.807) is 35.5 Å². The molecule has 0 unspecified atom stereocenters. The van der Waals surface area contributed by atoms with Crippen molar-refractivity contribution >= 4 is 51.9 Å². The zero-order chi connectivity index (χ0) is 20.1. The quantitative estimate of drug-likeness (QED) is 0.389. The zero-order valence-corrected chi connectivity index (χ0v) is 17.2. The summed E-state index contributed by atoms with van der Waals surface area (Å²) in [4.78, 5) is 18.9. The standard InChI is InChI=1S/C20H15ClN2O3S2/c1-3-7-26-18-15(21)8-14(9-16(18)25-2)10-17-19(24)23(20(27)28-17)12-13-5-4-6-22-11-13/h1,4-6,8-11H,7,12H2,2H3/b17-10-. The van der Waals surface area contributed by atoms with E-state index in [1.807, 2.05) is 12.1 Å². The summed E-state index contributed by atoms with van der Waals surface area (Å²) in [6, 6.07) is 7.13. The summed E-state index contributed by atoms with van der Waals surface area (Å²) in [5.74, 6) is 3.01. The molecule has 1 amide bonds. The van der Waals surface area contributed by atoms with E-state index in [1.165, 1.54) is 18.9 Å². The van der Waals surface area contributed by atoms with Crippen LogP contribution in [0.15, 0.2) is 41.6 Å². The van der Waals surface area contributed by atoms with Crippen LogP contribution in [0.1, 0.15) is 11.1 Å². The number of methoxy groups -OCH3 is 1. The van der Waals surface area contributed by atoms with Gasteiger partial charge in [-0.3, -0.25) is 14.7 Å². The highest BCUT2D eigenvalue weighted by atomic mass is 35.5. The van der Waals surface area contributed by atoms with Gasteiger partial charge in [0.15, 0.2) is 11.5 Å². The molecule has 0 radical (unpaired) electrons. The first kappa shape index (κ1) is 20.2. The third kappa shape index (κ3) is 4.47. The van der Waals surface area contributed by atoms with E-state index in [2.05, 4.69) is 10.9 Å². The van der Waals surface area contributed by atoms with Crippen molar-refractivity contribution in [1.82, 2.24) is 9.88 Å². The van der Waals surface area contributed by atoms with Crippen LogP contribution in [0.2, 0.25) is 5.02 Å². The molecule has 1 aliphatic heterocycles. The third-order valence-electron chi connectivity index (χ3n) is 3.79. The first-order valence-electron chi connectivity index (χ1n) is 8.11. The van der Waals surface area contributed by atoms with Crippen molar-refractivity contribution in [3.8, 4) is 23.8 Å². The Morgan fingerprint density at radius 3 is 2.96 bits per heavy atom. The minimum absolute atomic E-state index is 0.0719. The topological polar surface area (TPSA) is 51.7 Å². The molecule has 1 aliphatic rings. The number of halogens is 1. The number of hydrogen-bond acceptors (Lipinski definition) is 6. The number of benzene rings is 1. The maximum absolute atomic E-state index is 12.8. The van der Waals surface area contributed by atoms with Crippen molar-refractivity contribution in [1.29, 1.82) is 0 Å². The lowest BCUT2D eigenvalue weighted by Gasteiger charge is -2.14. The van der Waals surface area contributed by atoms with Crippen molar-refractivity contribution in [3.05, 3.63) is 57.7 Å². The molecule has 8 heteroatoms. The van der Waals surface area contributed by atoms with Crippen LogP contribution in [0.3, 0.4) is 0 Å². The number of ether oxygens (including phenoxy) is 2. The van der Waals surface area contributed by atoms with Crippen LogP contribution in [0.4, 0.5) is 0 Å². The molecule has 0 bridgehead atoms. The van der Waals surface area contributed by atoms with Crippen molar-refractivity contribution in [2.75, 3.05) is 13.7 Å². The molecular weight excluding hydrogens is 416 g/mol. The molecule has 5 nitrogen and oxygen atoms in total. The minimum Gasteiger partial charge on any atom is -0.493 e. The number of carbonyl (C=O) groups is 1. The average Bonchev–Trinajstić information content (AvgIpc) is 2.95. The van der Waals surface area contributed by atoms with E-state index >= 15 is 0 Å². The van der Waals surface area contributed by atoms with Gasteiger partial charge in [0.05, 0.1) is 23.6 Å². The fourth-order valence-electron chi connectivity index (χ4n) is 2.54. The SMILES string of the molecule is C#CCOc1c(Cl)cc(/C=C2\SC(=S)N(Cc3cccnc3)C2=O)cc1OC. The van der Waals surface area contributed by atoms with E-state index in [0.29, 0.717) is 37.9 Å². The van der Waals surface area contributed by atoms with Gasteiger partial charge >= 0.3 is 0 Å². The summed E-state index contributed by atoms with van der Waals surface area (Å²) < 4.78 is 11.3. The van der Waals surface area contributed by atoms with Crippen molar-refractivity contribution < 1.29 is 14.3 Å². The minimum atomic E-state index is -0.165. The largest absolute Gasteiger partial charge is 0.493 e. The van der Waals surface area contributed by atoms with Crippen LogP contribution >= 0.6 is 35.6 Å². The maximum Gasteiger partial charge on any atom is 0.266 e. The van der Waals surface area contributed by atoms with Crippen molar-refractivity contribution in [3.63, 3.8) is 0 Å². The molecule has 0 spiro atoms. The predicted molar refractivity (Wildman–Crippen MR) is 115 cm³/mol. The predicted octanol–water partition coefficient (Wildman–Crippen LogP) is 4.16. The van der Waals surface area contributed by atoms with Crippen LogP contribution in [-0.4, -0.2) is 33.8 Å². The van der Waals surface area contributed by atoms with Crippen LogP contribution < -0.4 is 9.47 Å². The molecule has 2 heterocycles. The number of rotatable bonds is 6. The lowest BCUT2D eigenvalue weighted by molar-refractivity contribution is -0.122. The molecule has 0 aliphatic carbocycles. The van der Waals surface area contributed by atoms with Gasteiger partial charge in [-0.15, -0.1) is 6.42 Å². The van der Waals surface area contributed by atoms with Gasteiger partial charge in [-0.1, -0.05) is 47.6 Å². The van der Waals surface area contributed by atoms with Gasteiger partial charge in [-0.05, 0) is 35.4 Å². The smallest absolute Gasteiger partial charge is 0.266 e. The van der Waals surface area contributed by atoms with E-state index < -0.39 is 0 Å². The number of carbonyl (C=O) groups excluding carboxylic acids is 1. The summed E-state index contributed by atoms with van der Waals surface area (Å²) in [5, 5.41) is 0.340. The first-order chi connectivity index (χ1) is 13.5. The Labute approximate surface area is 177 Å². The summed E-state index contributed by atoms with van der Waals surface area (Å²) in [6.07, 6.45) is 10.3. The van der Waals surface area contributed by atoms with Crippen LogP contribution in [0.5, 0.6) is 11.5 Å². The van der Waals surface area contributed by atoms with E-state index in [4.69, 9.17) is 39.7 Å². The Hall–Kier alpha value is -2.53. The molecular formula is C20H15ClN2O3S2. The summed E-state index contributed by atoms with van der Waals surface area (Å²) in [6.45, 7) is 0.446. The molecule has 1 aromatic carbocycles. The number of hydrogen-bond donors (Lipinski definition) is 0. The lowest BCUT2D eigenvalue weighted by atomic mass is 10.1. The molecule has 1 saturated heterocycles. The van der Waals surface area contributed by atoms with Gasteiger partial charge in [-0.2, -0.15) is 0 Å². The van der Waals surface area contributed by atoms with Gasteiger partial charge in [-0.25, -0.2) is 0 Å². The number of thioether (sulfide) groups is 1. The van der Waals surface area contributed by atoms with Gasteiger partial charge in [0.25, 0.3) is 5.91 Å². The lowest BCUT2D eigenvalue weighted by Crippen LogP contribution is -2.27. The van der Waals surface area contributed by atoms with Gasteiger partial charge in [0, 0.05) is 12.4 Å². The van der Waals surface area contributed by atoms with Crippen LogP contribution in [0.25, 0.3) is 6.08 Å².